The third-order valence-corrected chi connectivity index (χ3v) is 5.23. The van der Waals surface area contributed by atoms with E-state index in [4.69, 9.17) is 16.3 Å². The van der Waals surface area contributed by atoms with Crippen LogP contribution in [0, 0.1) is 6.92 Å². The number of ether oxygens (including phenoxy) is 1. The molecule has 0 spiro atoms. The fraction of sp³-hybridized carbons (Fsp3) is 0.250. The van der Waals surface area contributed by atoms with E-state index >= 15 is 0 Å². The van der Waals surface area contributed by atoms with E-state index in [1.165, 1.54) is 5.56 Å². The molecule has 0 aliphatic heterocycles. The van der Waals surface area contributed by atoms with E-state index in [0.717, 1.165) is 25.8 Å². The molecule has 20 heavy (non-hydrogen) atoms. The van der Waals surface area contributed by atoms with Gasteiger partial charge in [0.25, 0.3) is 0 Å². The Morgan fingerprint density at radius 1 is 1.20 bits per heavy atom. The molecule has 1 atom stereocenters. The number of aryl methyl sites for hydroxylation is 1. The van der Waals surface area contributed by atoms with Crippen molar-refractivity contribution >= 4 is 43.5 Å². The van der Waals surface area contributed by atoms with Gasteiger partial charge >= 0.3 is 0 Å². The summed E-state index contributed by atoms with van der Waals surface area (Å²) >= 11 is 13.8. The van der Waals surface area contributed by atoms with E-state index in [0.29, 0.717) is 6.61 Å². The van der Waals surface area contributed by atoms with Gasteiger partial charge in [-0.2, -0.15) is 0 Å². The van der Waals surface area contributed by atoms with Crippen LogP contribution >= 0.6 is 43.5 Å². The molecule has 0 aliphatic rings. The minimum absolute atomic E-state index is 0.198. The molecule has 0 fully saturated rings. The van der Waals surface area contributed by atoms with E-state index < -0.39 is 0 Å². The Morgan fingerprint density at radius 3 is 2.60 bits per heavy atom. The summed E-state index contributed by atoms with van der Waals surface area (Å²) in [6, 6.07) is 12.1. The number of alkyl halides is 1. The largest absolute Gasteiger partial charge is 0.493 e. The van der Waals surface area contributed by atoms with Gasteiger partial charge in [0.2, 0.25) is 0 Å². The molecule has 2 rings (SSSR count). The van der Waals surface area contributed by atoms with Crippen molar-refractivity contribution in [1.82, 2.24) is 0 Å². The Bertz CT molecular complexity index is 613. The van der Waals surface area contributed by atoms with Crippen LogP contribution in [0.25, 0.3) is 0 Å². The van der Waals surface area contributed by atoms with Crippen molar-refractivity contribution in [2.24, 2.45) is 0 Å². The van der Waals surface area contributed by atoms with Crippen molar-refractivity contribution in [3.05, 3.63) is 62.0 Å². The maximum absolute atomic E-state index is 6.62. The summed E-state index contributed by atoms with van der Waals surface area (Å²) in [4.78, 5) is 0. The van der Waals surface area contributed by atoms with Crippen molar-refractivity contribution in [3.8, 4) is 5.75 Å². The molecule has 106 valence electrons. The molecule has 1 unspecified atom stereocenters. The SMILES string of the molecule is CCOc1ccc(C(Cl)c2cccc(C)c2Br)cc1Br. The lowest BCUT2D eigenvalue weighted by atomic mass is 10.0. The molecule has 0 saturated carbocycles. The molecule has 0 aromatic heterocycles. The van der Waals surface area contributed by atoms with Crippen LogP contribution in [0.3, 0.4) is 0 Å². The van der Waals surface area contributed by atoms with Crippen molar-refractivity contribution in [2.45, 2.75) is 19.2 Å². The van der Waals surface area contributed by atoms with Crippen molar-refractivity contribution < 1.29 is 4.74 Å². The predicted octanol–water partition coefficient (Wildman–Crippen LogP) is 6.25. The summed E-state index contributed by atoms with van der Waals surface area (Å²) in [6.45, 7) is 4.67. The van der Waals surface area contributed by atoms with E-state index in [9.17, 15) is 0 Å². The fourth-order valence-corrected chi connectivity index (χ4v) is 3.45. The second kappa shape index (κ2) is 6.97. The smallest absolute Gasteiger partial charge is 0.133 e. The maximum atomic E-state index is 6.62. The van der Waals surface area contributed by atoms with Gasteiger partial charge in [0, 0.05) is 4.47 Å². The monoisotopic (exact) mass is 416 g/mol. The first-order chi connectivity index (χ1) is 9.54. The van der Waals surface area contributed by atoms with Gasteiger partial charge in [-0.1, -0.05) is 40.2 Å². The lowest BCUT2D eigenvalue weighted by molar-refractivity contribution is 0.338. The minimum atomic E-state index is -0.198. The second-order valence-corrected chi connectivity index (χ2v) is 6.55. The van der Waals surface area contributed by atoms with Crippen LogP contribution in [0.2, 0.25) is 0 Å². The molecule has 2 aromatic rings. The zero-order valence-electron chi connectivity index (χ0n) is 11.3. The van der Waals surface area contributed by atoms with Crippen LogP contribution in [0.1, 0.15) is 29.0 Å². The molecule has 4 heteroatoms. The van der Waals surface area contributed by atoms with Gasteiger partial charge in [0.05, 0.1) is 16.5 Å². The number of halogens is 3. The molecule has 0 radical (unpaired) electrons. The zero-order valence-corrected chi connectivity index (χ0v) is 15.2. The quantitative estimate of drug-likeness (QED) is 0.534. The van der Waals surface area contributed by atoms with Crippen molar-refractivity contribution in [3.63, 3.8) is 0 Å². The Hall–Kier alpha value is -0.510. The molecular weight excluding hydrogens is 403 g/mol. The standard InChI is InChI=1S/C16H15Br2ClO/c1-3-20-14-8-7-11(9-13(14)17)16(19)12-6-4-5-10(2)15(12)18/h4-9,16H,3H2,1-2H3. The van der Waals surface area contributed by atoms with Crippen LogP contribution in [-0.2, 0) is 0 Å². The van der Waals surface area contributed by atoms with Crippen LogP contribution < -0.4 is 4.74 Å². The Morgan fingerprint density at radius 2 is 1.95 bits per heavy atom. The van der Waals surface area contributed by atoms with E-state index in [-0.39, 0.29) is 5.38 Å². The summed E-state index contributed by atoms with van der Waals surface area (Å²) in [5.74, 6) is 0.837. The summed E-state index contributed by atoms with van der Waals surface area (Å²) in [6.07, 6.45) is 0. The molecule has 1 nitrogen and oxygen atoms in total. The fourth-order valence-electron chi connectivity index (χ4n) is 1.99. The molecule has 0 aliphatic carbocycles. The molecule has 2 aromatic carbocycles. The van der Waals surface area contributed by atoms with Crippen LogP contribution in [-0.4, -0.2) is 6.61 Å². The second-order valence-electron chi connectivity index (χ2n) is 4.46. The zero-order chi connectivity index (χ0) is 14.7. The third kappa shape index (κ3) is 3.38. The lowest BCUT2D eigenvalue weighted by Crippen LogP contribution is -1.98. The van der Waals surface area contributed by atoms with Gasteiger partial charge < -0.3 is 4.74 Å². The number of benzene rings is 2. The predicted molar refractivity (Wildman–Crippen MR) is 91.9 cm³/mol. The van der Waals surface area contributed by atoms with Gasteiger partial charge in [-0.3, -0.25) is 0 Å². The Labute approximate surface area is 141 Å². The average molecular weight is 419 g/mol. The Kier molecular flexibility index (Phi) is 5.53. The summed E-state index contributed by atoms with van der Waals surface area (Å²) < 4.78 is 7.50. The highest BCUT2D eigenvalue weighted by molar-refractivity contribution is 9.10. The molecule has 0 bridgehead atoms. The molecule has 0 amide bonds. The highest BCUT2D eigenvalue weighted by atomic mass is 79.9. The van der Waals surface area contributed by atoms with Crippen molar-refractivity contribution in [1.29, 1.82) is 0 Å². The first-order valence-electron chi connectivity index (χ1n) is 6.36. The van der Waals surface area contributed by atoms with E-state index in [2.05, 4.69) is 44.8 Å². The van der Waals surface area contributed by atoms with Crippen LogP contribution in [0.4, 0.5) is 0 Å². The van der Waals surface area contributed by atoms with Gasteiger partial charge in [0.1, 0.15) is 5.75 Å². The number of hydrogen-bond acceptors (Lipinski definition) is 1. The van der Waals surface area contributed by atoms with Crippen LogP contribution in [0.5, 0.6) is 5.75 Å². The Balaban J connectivity index is 2.36. The first kappa shape index (κ1) is 15.9. The van der Waals surface area contributed by atoms with Gasteiger partial charge in [-0.05, 0) is 58.6 Å². The van der Waals surface area contributed by atoms with Gasteiger partial charge in [-0.15, -0.1) is 11.6 Å². The van der Waals surface area contributed by atoms with Crippen LogP contribution in [0.15, 0.2) is 45.3 Å². The van der Waals surface area contributed by atoms with Crippen molar-refractivity contribution in [2.75, 3.05) is 6.61 Å². The van der Waals surface area contributed by atoms with E-state index in [1.807, 2.05) is 37.3 Å². The molecular formula is C16H15Br2ClO. The van der Waals surface area contributed by atoms with Gasteiger partial charge in [0.15, 0.2) is 0 Å². The molecule has 0 heterocycles. The topological polar surface area (TPSA) is 9.23 Å². The summed E-state index contributed by atoms with van der Waals surface area (Å²) in [5.41, 5.74) is 3.29. The summed E-state index contributed by atoms with van der Waals surface area (Å²) in [5, 5.41) is -0.198. The minimum Gasteiger partial charge on any atom is -0.493 e. The molecule has 0 N–H and O–H groups in total. The maximum Gasteiger partial charge on any atom is 0.133 e. The third-order valence-electron chi connectivity index (χ3n) is 3.04. The average Bonchev–Trinajstić information content (AvgIpc) is 2.43. The summed E-state index contributed by atoms with van der Waals surface area (Å²) in [7, 11) is 0. The van der Waals surface area contributed by atoms with E-state index in [1.54, 1.807) is 0 Å². The highest BCUT2D eigenvalue weighted by Crippen LogP contribution is 2.37. The highest BCUT2D eigenvalue weighted by Gasteiger charge is 2.16. The normalized spacial score (nSPS) is 12.2. The van der Waals surface area contributed by atoms with Gasteiger partial charge in [-0.25, -0.2) is 0 Å². The lowest BCUT2D eigenvalue weighted by Gasteiger charge is -2.15. The first-order valence-corrected chi connectivity index (χ1v) is 8.38. The number of hydrogen-bond donors (Lipinski definition) is 0. The molecule has 0 saturated heterocycles. The number of rotatable bonds is 4.